The van der Waals surface area contributed by atoms with Crippen LogP contribution in [0.3, 0.4) is 0 Å². The molecule has 0 heterocycles. The lowest BCUT2D eigenvalue weighted by atomic mass is 10.2. The Morgan fingerprint density at radius 1 is 1.56 bits per heavy atom. The summed E-state index contributed by atoms with van der Waals surface area (Å²) in [4.78, 5) is 10.0. The van der Waals surface area contributed by atoms with Crippen molar-refractivity contribution >= 4 is 33.8 Å². The largest absolute Gasteiger partial charge is 0.379 e. The van der Waals surface area contributed by atoms with Crippen LogP contribution in [-0.2, 0) is 10.8 Å². The quantitative estimate of drug-likeness (QED) is 0.646. The van der Waals surface area contributed by atoms with E-state index in [4.69, 9.17) is 11.6 Å². The molecule has 1 rings (SSSR count). The highest BCUT2D eigenvalue weighted by molar-refractivity contribution is 7.84. The second-order valence-corrected chi connectivity index (χ2v) is 5.67. The number of nitrogens with one attached hydrogen (secondary N) is 1. The van der Waals surface area contributed by atoms with Gasteiger partial charge in [-0.05, 0) is 6.07 Å². The van der Waals surface area contributed by atoms with Gasteiger partial charge in [0.2, 0.25) is 0 Å². The summed E-state index contributed by atoms with van der Waals surface area (Å²) in [5, 5.41) is 13.3. The van der Waals surface area contributed by atoms with Crippen molar-refractivity contribution in [3.63, 3.8) is 0 Å². The molecule has 5 nitrogen and oxygen atoms in total. The van der Waals surface area contributed by atoms with Crippen LogP contribution in [0.5, 0.6) is 0 Å². The molecule has 0 aliphatic heterocycles. The van der Waals surface area contributed by atoms with Crippen LogP contribution < -0.4 is 5.32 Å². The lowest BCUT2D eigenvalue weighted by Gasteiger charge is -2.07. The smallest absolute Gasteiger partial charge is 0.295 e. The predicted molar refractivity (Wildman–Crippen MR) is 70.1 cm³/mol. The van der Waals surface area contributed by atoms with Crippen molar-refractivity contribution in [3.05, 3.63) is 33.1 Å². The van der Waals surface area contributed by atoms with Gasteiger partial charge in [0.05, 0.1) is 16.0 Å². The number of hydrogen-bond acceptors (Lipinski definition) is 4. The zero-order valence-corrected chi connectivity index (χ0v) is 11.2. The summed E-state index contributed by atoms with van der Waals surface area (Å²) in [5.41, 5.74) is -0.265. The Hall–Kier alpha value is -1.21. The summed E-state index contributed by atoms with van der Waals surface area (Å²) in [5.74, 6) is 0.0439. The van der Waals surface area contributed by atoms with Crippen molar-refractivity contribution in [1.82, 2.24) is 0 Å². The minimum atomic E-state index is -0.967. The number of halogens is 2. The molecule has 0 aliphatic carbocycles. The average molecular weight is 295 g/mol. The van der Waals surface area contributed by atoms with Crippen LogP contribution in [-0.4, -0.2) is 27.2 Å². The van der Waals surface area contributed by atoms with Crippen molar-refractivity contribution in [2.24, 2.45) is 0 Å². The van der Waals surface area contributed by atoms with Crippen molar-refractivity contribution in [3.8, 4) is 0 Å². The Bertz CT molecular complexity index is 484. The van der Waals surface area contributed by atoms with Crippen LogP contribution in [0.4, 0.5) is 15.8 Å². The fraction of sp³-hybridized carbons (Fsp3) is 0.400. The van der Waals surface area contributed by atoms with Gasteiger partial charge in [-0.2, -0.15) is 0 Å². The summed E-state index contributed by atoms with van der Waals surface area (Å²) < 4.78 is 24.3. The zero-order chi connectivity index (χ0) is 13.7. The minimum absolute atomic E-state index is 0.125. The van der Waals surface area contributed by atoms with Gasteiger partial charge in [-0.1, -0.05) is 18.5 Å². The van der Waals surface area contributed by atoms with E-state index in [1.807, 2.05) is 0 Å². The minimum Gasteiger partial charge on any atom is -0.379 e. The SMILES string of the molecule is CCS(=O)CCNc1cc(Cl)c(F)cc1[N+](=O)[O-]. The van der Waals surface area contributed by atoms with E-state index >= 15 is 0 Å². The molecule has 0 spiro atoms. The van der Waals surface area contributed by atoms with Gasteiger partial charge >= 0.3 is 0 Å². The van der Waals surface area contributed by atoms with E-state index in [-0.39, 0.29) is 16.4 Å². The number of anilines is 1. The van der Waals surface area contributed by atoms with Crippen LogP contribution >= 0.6 is 11.6 Å². The molecule has 1 aromatic carbocycles. The maximum absolute atomic E-state index is 13.1. The molecule has 100 valence electrons. The van der Waals surface area contributed by atoms with Crippen molar-refractivity contribution in [2.45, 2.75) is 6.92 Å². The number of rotatable bonds is 6. The van der Waals surface area contributed by atoms with E-state index in [1.54, 1.807) is 6.92 Å². The summed E-state index contributed by atoms with van der Waals surface area (Å²) in [6.07, 6.45) is 0. The first-order valence-electron chi connectivity index (χ1n) is 5.18. The van der Waals surface area contributed by atoms with E-state index in [1.165, 1.54) is 0 Å². The van der Waals surface area contributed by atoms with Crippen LogP contribution in [0.25, 0.3) is 0 Å². The molecule has 0 saturated heterocycles. The molecule has 18 heavy (non-hydrogen) atoms. The summed E-state index contributed by atoms with van der Waals surface area (Å²) in [7, 11) is -0.967. The Labute approximate surface area is 111 Å². The van der Waals surface area contributed by atoms with Crippen molar-refractivity contribution in [1.29, 1.82) is 0 Å². The Balaban J connectivity index is 2.83. The highest BCUT2D eigenvalue weighted by Gasteiger charge is 2.17. The molecule has 0 radical (unpaired) electrons. The molecule has 1 unspecified atom stereocenters. The van der Waals surface area contributed by atoms with E-state index in [2.05, 4.69) is 5.32 Å². The first-order chi connectivity index (χ1) is 8.45. The van der Waals surface area contributed by atoms with E-state index in [9.17, 15) is 18.7 Å². The number of nitro groups is 1. The summed E-state index contributed by atoms with van der Waals surface area (Å²) in [6.45, 7) is 2.08. The highest BCUT2D eigenvalue weighted by Crippen LogP contribution is 2.30. The Morgan fingerprint density at radius 3 is 2.78 bits per heavy atom. The first kappa shape index (κ1) is 14.8. The second kappa shape index (κ2) is 6.65. The molecular formula is C10H12ClFN2O3S. The molecule has 1 atom stereocenters. The molecule has 0 bridgehead atoms. The molecule has 0 aromatic heterocycles. The lowest BCUT2D eigenvalue weighted by Crippen LogP contribution is -2.13. The van der Waals surface area contributed by atoms with E-state index in [0.29, 0.717) is 18.1 Å². The van der Waals surface area contributed by atoms with Crippen LogP contribution in [0.1, 0.15) is 6.92 Å². The second-order valence-electron chi connectivity index (χ2n) is 3.40. The predicted octanol–water partition coefficient (Wildman–Crippen LogP) is 2.57. The molecular weight excluding hydrogens is 283 g/mol. The molecule has 0 amide bonds. The molecule has 0 saturated carbocycles. The van der Waals surface area contributed by atoms with Gasteiger partial charge in [-0.15, -0.1) is 0 Å². The van der Waals surface area contributed by atoms with Gasteiger partial charge in [-0.3, -0.25) is 14.3 Å². The standard InChI is InChI=1S/C10H12ClFN2O3S/c1-2-18(17)4-3-13-9-5-7(11)8(12)6-10(9)14(15)16/h5-6,13H,2-4H2,1H3. The van der Waals surface area contributed by atoms with Gasteiger partial charge in [0, 0.05) is 28.9 Å². The molecule has 1 N–H and O–H groups in total. The number of benzene rings is 1. The molecule has 1 aromatic rings. The van der Waals surface area contributed by atoms with Gasteiger partial charge in [0.25, 0.3) is 5.69 Å². The van der Waals surface area contributed by atoms with Crippen LogP contribution in [0.15, 0.2) is 12.1 Å². The van der Waals surface area contributed by atoms with Gasteiger partial charge < -0.3 is 5.32 Å². The fourth-order valence-corrected chi connectivity index (χ4v) is 2.05. The molecule has 0 fully saturated rings. The first-order valence-corrected chi connectivity index (χ1v) is 7.04. The Morgan fingerprint density at radius 2 is 2.22 bits per heavy atom. The molecule has 0 aliphatic rings. The van der Waals surface area contributed by atoms with E-state index < -0.39 is 21.5 Å². The molecule has 8 heteroatoms. The fourth-order valence-electron chi connectivity index (χ4n) is 1.27. The topological polar surface area (TPSA) is 72.2 Å². The van der Waals surface area contributed by atoms with Gasteiger partial charge in [-0.25, -0.2) is 4.39 Å². The van der Waals surface area contributed by atoms with Gasteiger partial charge in [0.1, 0.15) is 11.5 Å². The monoisotopic (exact) mass is 294 g/mol. The third kappa shape index (κ3) is 3.92. The number of hydrogen-bond donors (Lipinski definition) is 1. The normalized spacial score (nSPS) is 12.2. The number of nitro benzene ring substituents is 1. The van der Waals surface area contributed by atoms with Crippen molar-refractivity contribution < 1.29 is 13.5 Å². The Kier molecular flexibility index (Phi) is 5.49. The summed E-state index contributed by atoms with van der Waals surface area (Å²) in [6, 6.07) is 1.92. The lowest BCUT2D eigenvalue weighted by molar-refractivity contribution is -0.384. The average Bonchev–Trinajstić information content (AvgIpc) is 2.32. The van der Waals surface area contributed by atoms with E-state index in [0.717, 1.165) is 12.1 Å². The maximum Gasteiger partial charge on any atom is 0.295 e. The van der Waals surface area contributed by atoms with Gasteiger partial charge in [0.15, 0.2) is 0 Å². The van der Waals surface area contributed by atoms with Crippen LogP contribution in [0.2, 0.25) is 5.02 Å². The van der Waals surface area contributed by atoms with Crippen molar-refractivity contribution in [2.75, 3.05) is 23.4 Å². The third-order valence-corrected chi connectivity index (χ3v) is 3.80. The van der Waals surface area contributed by atoms with Crippen LogP contribution in [0, 0.1) is 15.9 Å². The third-order valence-electron chi connectivity index (χ3n) is 2.20. The number of nitrogens with zero attached hydrogens (tertiary/aromatic N) is 1. The summed E-state index contributed by atoms with van der Waals surface area (Å²) >= 11 is 5.56. The highest BCUT2D eigenvalue weighted by atomic mass is 35.5. The maximum atomic E-state index is 13.1. The zero-order valence-electron chi connectivity index (χ0n) is 9.61.